The Labute approximate surface area is 110 Å². The third-order valence-electron chi connectivity index (χ3n) is 3.64. The van der Waals surface area contributed by atoms with Crippen LogP contribution in [0.5, 0.6) is 0 Å². The number of halogens is 1. The number of likely N-dealkylation sites (N-methyl/N-ethyl adjacent to an activating group) is 1. The molecule has 3 heteroatoms. The van der Waals surface area contributed by atoms with Gasteiger partial charge >= 0.3 is 0 Å². The van der Waals surface area contributed by atoms with Gasteiger partial charge in [0.2, 0.25) is 0 Å². The van der Waals surface area contributed by atoms with E-state index in [1.54, 1.807) is 6.07 Å². The van der Waals surface area contributed by atoms with Crippen LogP contribution in [0.3, 0.4) is 0 Å². The van der Waals surface area contributed by atoms with Gasteiger partial charge in [0, 0.05) is 19.1 Å². The molecule has 0 saturated heterocycles. The van der Waals surface area contributed by atoms with Crippen LogP contribution in [0.15, 0.2) is 18.2 Å². The minimum atomic E-state index is -0.184. The normalized spacial score (nSPS) is 14.8. The van der Waals surface area contributed by atoms with E-state index in [1.807, 2.05) is 13.0 Å². The highest BCUT2D eigenvalue weighted by molar-refractivity contribution is 5.29. The molecule has 0 aliphatic carbocycles. The number of hydrogen-bond donors (Lipinski definition) is 1. The van der Waals surface area contributed by atoms with Gasteiger partial charge in [-0.15, -0.1) is 0 Å². The zero-order valence-corrected chi connectivity index (χ0v) is 11.9. The van der Waals surface area contributed by atoms with Crippen molar-refractivity contribution in [2.45, 2.75) is 33.2 Å². The Morgan fingerprint density at radius 2 is 2.06 bits per heavy atom. The summed E-state index contributed by atoms with van der Waals surface area (Å²) in [5.41, 5.74) is 8.00. The average Bonchev–Trinajstić information content (AvgIpc) is 2.32. The zero-order chi connectivity index (χ0) is 13.7. The first-order valence-corrected chi connectivity index (χ1v) is 6.65. The minimum absolute atomic E-state index is 0.166. The molecule has 2 unspecified atom stereocenters. The van der Waals surface area contributed by atoms with E-state index in [0.717, 1.165) is 24.1 Å². The van der Waals surface area contributed by atoms with Crippen LogP contribution in [-0.4, -0.2) is 25.0 Å². The molecular formula is C15H25FN2. The Kier molecular flexibility index (Phi) is 5.76. The van der Waals surface area contributed by atoms with E-state index in [4.69, 9.17) is 5.73 Å². The van der Waals surface area contributed by atoms with Gasteiger partial charge in [-0.05, 0) is 43.1 Å². The lowest BCUT2D eigenvalue weighted by Gasteiger charge is -2.30. The Balaban J connectivity index is 2.88. The van der Waals surface area contributed by atoms with Gasteiger partial charge in [0.25, 0.3) is 0 Å². The van der Waals surface area contributed by atoms with E-state index >= 15 is 0 Å². The molecule has 1 aromatic rings. The second-order valence-corrected chi connectivity index (χ2v) is 5.21. The van der Waals surface area contributed by atoms with Gasteiger partial charge in [-0.1, -0.05) is 26.3 Å². The fourth-order valence-corrected chi connectivity index (χ4v) is 2.31. The van der Waals surface area contributed by atoms with E-state index in [0.29, 0.717) is 12.5 Å². The molecule has 0 bridgehead atoms. The van der Waals surface area contributed by atoms with Crippen molar-refractivity contribution < 1.29 is 4.39 Å². The van der Waals surface area contributed by atoms with Crippen LogP contribution < -0.4 is 5.73 Å². The summed E-state index contributed by atoms with van der Waals surface area (Å²) in [6, 6.07) is 5.12. The lowest BCUT2D eigenvalue weighted by atomic mass is 9.98. The van der Waals surface area contributed by atoms with Gasteiger partial charge in [0.1, 0.15) is 5.82 Å². The molecule has 0 saturated carbocycles. The molecule has 2 atom stereocenters. The van der Waals surface area contributed by atoms with Crippen molar-refractivity contribution in [1.82, 2.24) is 4.90 Å². The average molecular weight is 252 g/mol. The molecule has 0 aromatic heterocycles. The van der Waals surface area contributed by atoms with Gasteiger partial charge < -0.3 is 5.73 Å². The summed E-state index contributed by atoms with van der Waals surface area (Å²) >= 11 is 0. The van der Waals surface area contributed by atoms with Gasteiger partial charge in [-0.2, -0.15) is 0 Å². The molecule has 0 radical (unpaired) electrons. The highest BCUT2D eigenvalue weighted by Crippen LogP contribution is 2.23. The van der Waals surface area contributed by atoms with Crippen molar-refractivity contribution in [3.8, 4) is 0 Å². The van der Waals surface area contributed by atoms with Gasteiger partial charge in [-0.3, -0.25) is 4.90 Å². The number of nitrogens with two attached hydrogens (primary N) is 1. The second-order valence-electron chi connectivity index (χ2n) is 5.21. The molecule has 2 nitrogen and oxygen atoms in total. The SMILES string of the molecule is CCC(C)CN(C)C(CN)c1ccc(F)cc1C. The molecule has 18 heavy (non-hydrogen) atoms. The maximum atomic E-state index is 13.1. The Bertz CT molecular complexity index is 379. The van der Waals surface area contributed by atoms with Crippen LogP contribution in [-0.2, 0) is 0 Å². The summed E-state index contributed by atoms with van der Waals surface area (Å²) in [6.07, 6.45) is 1.16. The summed E-state index contributed by atoms with van der Waals surface area (Å²) < 4.78 is 13.1. The number of aryl methyl sites for hydroxylation is 1. The highest BCUT2D eigenvalue weighted by atomic mass is 19.1. The van der Waals surface area contributed by atoms with E-state index < -0.39 is 0 Å². The fraction of sp³-hybridized carbons (Fsp3) is 0.600. The lowest BCUT2D eigenvalue weighted by Crippen LogP contribution is -2.34. The number of benzene rings is 1. The molecule has 102 valence electrons. The molecule has 0 aliphatic heterocycles. The van der Waals surface area contributed by atoms with E-state index in [-0.39, 0.29) is 11.9 Å². The van der Waals surface area contributed by atoms with Crippen molar-refractivity contribution in [2.75, 3.05) is 20.1 Å². The summed E-state index contributed by atoms with van der Waals surface area (Å²) in [4.78, 5) is 2.27. The van der Waals surface area contributed by atoms with Crippen molar-refractivity contribution in [1.29, 1.82) is 0 Å². The molecule has 1 aromatic carbocycles. The summed E-state index contributed by atoms with van der Waals surface area (Å²) in [5, 5.41) is 0. The first kappa shape index (κ1) is 15.1. The first-order valence-electron chi connectivity index (χ1n) is 6.65. The van der Waals surface area contributed by atoms with Crippen LogP contribution in [0.1, 0.15) is 37.4 Å². The number of hydrogen-bond acceptors (Lipinski definition) is 2. The van der Waals surface area contributed by atoms with Crippen molar-refractivity contribution in [2.24, 2.45) is 11.7 Å². The van der Waals surface area contributed by atoms with Crippen molar-refractivity contribution in [3.05, 3.63) is 35.1 Å². The fourth-order valence-electron chi connectivity index (χ4n) is 2.31. The maximum absolute atomic E-state index is 13.1. The quantitative estimate of drug-likeness (QED) is 0.843. The summed E-state index contributed by atoms with van der Waals surface area (Å²) in [7, 11) is 2.09. The van der Waals surface area contributed by atoms with Crippen molar-refractivity contribution >= 4 is 0 Å². The smallest absolute Gasteiger partial charge is 0.123 e. The molecule has 0 spiro atoms. The molecular weight excluding hydrogens is 227 g/mol. The minimum Gasteiger partial charge on any atom is -0.329 e. The van der Waals surface area contributed by atoms with Gasteiger partial charge in [-0.25, -0.2) is 4.39 Å². The molecule has 0 heterocycles. The van der Waals surface area contributed by atoms with Crippen molar-refractivity contribution in [3.63, 3.8) is 0 Å². The van der Waals surface area contributed by atoms with E-state index in [2.05, 4.69) is 25.8 Å². The van der Waals surface area contributed by atoms with Crippen LogP contribution in [0.25, 0.3) is 0 Å². The standard InChI is InChI=1S/C15H25FN2/c1-5-11(2)10-18(4)15(9-17)14-7-6-13(16)8-12(14)3/h6-8,11,15H,5,9-10,17H2,1-4H3. The summed E-state index contributed by atoms with van der Waals surface area (Å²) in [6.45, 7) is 7.94. The number of rotatable bonds is 6. The topological polar surface area (TPSA) is 29.3 Å². The van der Waals surface area contributed by atoms with E-state index in [1.165, 1.54) is 6.07 Å². The van der Waals surface area contributed by atoms with Crippen LogP contribution >= 0.6 is 0 Å². The third-order valence-corrected chi connectivity index (χ3v) is 3.64. The lowest BCUT2D eigenvalue weighted by molar-refractivity contribution is 0.214. The molecule has 0 amide bonds. The van der Waals surface area contributed by atoms with Crippen LogP contribution in [0.4, 0.5) is 4.39 Å². The Hall–Kier alpha value is -0.930. The molecule has 1 rings (SSSR count). The summed E-state index contributed by atoms with van der Waals surface area (Å²) in [5.74, 6) is 0.460. The largest absolute Gasteiger partial charge is 0.329 e. The first-order chi connectivity index (χ1) is 8.49. The van der Waals surface area contributed by atoms with Gasteiger partial charge in [0.15, 0.2) is 0 Å². The van der Waals surface area contributed by atoms with E-state index in [9.17, 15) is 4.39 Å². The Morgan fingerprint density at radius 3 is 2.56 bits per heavy atom. The second kappa shape index (κ2) is 6.86. The number of nitrogens with zero attached hydrogens (tertiary/aromatic N) is 1. The predicted molar refractivity (Wildman–Crippen MR) is 75.0 cm³/mol. The predicted octanol–water partition coefficient (Wildman–Crippen LogP) is 3.11. The third kappa shape index (κ3) is 3.79. The Morgan fingerprint density at radius 1 is 1.39 bits per heavy atom. The van der Waals surface area contributed by atoms with Crippen LogP contribution in [0, 0.1) is 18.7 Å². The van der Waals surface area contributed by atoms with Crippen LogP contribution in [0.2, 0.25) is 0 Å². The molecule has 0 fully saturated rings. The molecule has 2 N–H and O–H groups in total. The monoisotopic (exact) mass is 252 g/mol. The highest BCUT2D eigenvalue weighted by Gasteiger charge is 2.18. The van der Waals surface area contributed by atoms with Gasteiger partial charge in [0.05, 0.1) is 0 Å². The molecule has 0 aliphatic rings. The maximum Gasteiger partial charge on any atom is 0.123 e. The zero-order valence-electron chi connectivity index (χ0n) is 11.9.